The van der Waals surface area contributed by atoms with Crippen LogP contribution in [0.3, 0.4) is 0 Å². The lowest BCUT2D eigenvalue weighted by molar-refractivity contribution is 0.795. The minimum Gasteiger partial charge on any atom is -0.0991 e. The average molecular weight is 122 g/mol. The van der Waals surface area contributed by atoms with Gasteiger partial charge < -0.3 is 0 Å². The summed E-state index contributed by atoms with van der Waals surface area (Å²) in [5.41, 5.74) is 1.15. The fourth-order valence-electron chi connectivity index (χ4n) is 0.384. The summed E-state index contributed by atoms with van der Waals surface area (Å²) >= 11 is 0. The lowest BCUT2D eigenvalue weighted by Crippen LogP contribution is -1.86. The molecule has 0 saturated carbocycles. The van der Waals surface area contributed by atoms with Gasteiger partial charge in [-0.05, 0) is 5.92 Å². The maximum atomic E-state index is 3.86. The summed E-state index contributed by atoms with van der Waals surface area (Å²) in [4.78, 5) is 0. The average Bonchev–Trinajstić information content (AvgIpc) is 1.82. The van der Waals surface area contributed by atoms with Gasteiger partial charge in [0.1, 0.15) is 0 Å². The molecule has 0 bridgehead atoms. The number of hydrogen-bond donors (Lipinski definition) is 0. The third-order valence-electron chi connectivity index (χ3n) is 1.19. The molecule has 0 spiro atoms. The van der Waals surface area contributed by atoms with Crippen LogP contribution >= 0.6 is 0 Å². The zero-order valence-corrected chi connectivity index (χ0v) is 6.22. The van der Waals surface area contributed by atoms with Crippen molar-refractivity contribution < 1.29 is 0 Å². The smallest absolute Gasteiger partial charge is 0.0225 e. The Labute approximate surface area is 57.6 Å². The Morgan fingerprint density at radius 3 is 2.33 bits per heavy atom. The summed E-state index contributed by atoms with van der Waals surface area (Å²) in [7, 11) is 0. The highest BCUT2D eigenvalue weighted by Gasteiger charge is 1.91. The van der Waals surface area contributed by atoms with E-state index in [-0.39, 0.29) is 0 Å². The minimum atomic E-state index is 0.543. The van der Waals surface area contributed by atoms with Gasteiger partial charge in [0, 0.05) is 0 Å². The Bertz CT molecular complexity index is 127. The van der Waals surface area contributed by atoms with Crippen molar-refractivity contribution in [3.05, 3.63) is 37.0 Å². The molecule has 0 aliphatic rings. The highest BCUT2D eigenvalue weighted by molar-refractivity contribution is 5.19. The fraction of sp³-hybridized carbons (Fsp3) is 0.333. The lowest BCUT2D eigenvalue weighted by atomic mass is 10.1. The van der Waals surface area contributed by atoms with Crippen molar-refractivity contribution in [2.75, 3.05) is 0 Å². The van der Waals surface area contributed by atoms with Gasteiger partial charge in [0.15, 0.2) is 0 Å². The molecular weight excluding hydrogens is 108 g/mol. The van der Waals surface area contributed by atoms with Gasteiger partial charge in [-0.2, -0.15) is 0 Å². The Hall–Kier alpha value is -0.780. The van der Waals surface area contributed by atoms with Gasteiger partial charge in [-0.1, -0.05) is 50.8 Å². The molecule has 0 unspecified atom stereocenters. The van der Waals surface area contributed by atoms with Crippen LogP contribution in [0.15, 0.2) is 37.0 Å². The van der Waals surface area contributed by atoms with Gasteiger partial charge in [-0.15, -0.1) is 0 Å². The zero-order valence-electron chi connectivity index (χ0n) is 6.22. The van der Waals surface area contributed by atoms with Crippen LogP contribution in [0, 0.1) is 5.92 Å². The summed E-state index contributed by atoms with van der Waals surface area (Å²) in [6.07, 6.45) is 5.65. The van der Waals surface area contributed by atoms with Crippen molar-refractivity contribution in [2.24, 2.45) is 5.92 Å². The van der Waals surface area contributed by atoms with Gasteiger partial charge in [-0.3, -0.25) is 0 Å². The van der Waals surface area contributed by atoms with Gasteiger partial charge >= 0.3 is 0 Å². The van der Waals surface area contributed by atoms with Crippen molar-refractivity contribution in [1.29, 1.82) is 0 Å². The van der Waals surface area contributed by atoms with Crippen LogP contribution in [0.1, 0.15) is 13.8 Å². The summed E-state index contributed by atoms with van der Waals surface area (Å²) < 4.78 is 0. The van der Waals surface area contributed by atoms with E-state index in [0.29, 0.717) is 5.92 Å². The second-order valence-electron chi connectivity index (χ2n) is 2.32. The summed E-state index contributed by atoms with van der Waals surface area (Å²) in [6.45, 7) is 11.7. The maximum Gasteiger partial charge on any atom is -0.0225 e. The molecule has 9 heavy (non-hydrogen) atoms. The van der Waals surface area contributed by atoms with E-state index in [1.54, 1.807) is 6.08 Å². The molecule has 0 atom stereocenters. The number of rotatable bonds is 3. The van der Waals surface area contributed by atoms with Crippen LogP contribution in [-0.2, 0) is 0 Å². The van der Waals surface area contributed by atoms with E-state index in [9.17, 15) is 0 Å². The lowest BCUT2D eigenvalue weighted by Gasteiger charge is -2.00. The van der Waals surface area contributed by atoms with Gasteiger partial charge in [0.05, 0.1) is 0 Å². The van der Waals surface area contributed by atoms with E-state index in [1.807, 2.05) is 12.2 Å². The van der Waals surface area contributed by atoms with Crippen LogP contribution in [0.4, 0.5) is 0 Å². The molecule has 50 valence electrons. The summed E-state index contributed by atoms with van der Waals surface area (Å²) in [5.74, 6) is 0.543. The molecule has 0 rings (SSSR count). The Kier molecular flexibility index (Phi) is 3.78. The number of hydrogen-bond acceptors (Lipinski definition) is 0. The minimum absolute atomic E-state index is 0.543. The Morgan fingerprint density at radius 2 is 2.00 bits per heavy atom. The highest BCUT2D eigenvalue weighted by Crippen LogP contribution is 2.06. The third kappa shape index (κ3) is 3.77. The van der Waals surface area contributed by atoms with E-state index >= 15 is 0 Å². The van der Waals surface area contributed by atoms with Crippen molar-refractivity contribution in [3.8, 4) is 0 Å². The molecule has 0 N–H and O–H groups in total. The van der Waals surface area contributed by atoms with Gasteiger partial charge in [-0.25, -0.2) is 0 Å². The first kappa shape index (κ1) is 8.22. The SMILES string of the molecule is C=C/C=C/C(=C)C(C)C. The van der Waals surface area contributed by atoms with Crippen LogP contribution in [0.25, 0.3) is 0 Å². The molecule has 0 heterocycles. The van der Waals surface area contributed by atoms with Crippen molar-refractivity contribution in [3.63, 3.8) is 0 Å². The molecule has 0 heteroatoms. The predicted molar refractivity (Wildman–Crippen MR) is 43.3 cm³/mol. The van der Waals surface area contributed by atoms with E-state index in [4.69, 9.17) is 0 Å². The van der Waals surface area contributed by atoms with Gasteiger partial charge in [0.25, 0.3) is 0 Å². The molecule has 0 aromatic carbocycles. The molecule has 0 saturated heterocycles. The molecule has 0 aliphatic carbocycles. The first-order valence-corrected chi connectivity index (χ1v) is 3.16. The van der Waals surface area contributed by atoms with Crippen molar-refractivity contribution in [2.45, 2.75) is 13.8 Å². The van der Waals surface area contributed by atoms with E-state index in [1.165, 1.54) is 0 Å². The quantitative estimate of drug-likeness (QED) is 0.505. The van der Waals surface area contributed by atoms with E-state index < -0.39 is 0 Å². The van der Waals surface area contributed by atoms with Crippen molar-refractivity contribution >= 4 is 0 Å². The van der Waals surface area contributed by atoms with Crippen molar-refractivity contribution in [1.82, 2.24) is 0 Å². The predicted octanol–water partition coefficient (Wildman–Crippen LogP) is 2.94. The first-order chi connectivity index (χ1) is 4.18. The topological polar surface area (TPSA) is 0 Å². The molecule has 0 aliphatic heterocycles. The Balaban J connectivity index is 3.76. The van der Waals surface area contributed by atoms with Crippen LogP contribution < -0.4 is 0 Å². The Morgan fingerprint density at radius 1 is 1.44 bits per heavy atom. The van der Waals surface area contributed by atoms with E-state index in [2.05, 4.69) is 27.0 Å². The summed E-state index contributed by atoms with van der Waals surface area (Å²) in [5, 5.41) is 0. The second-order valence-corrected chi connectivity index (χ2v) is 2.32. The number of allylic oxidation sites excluding steroid dienone is 4. The van der Waals surface area contributed by atoms with Crippen LogP contribution in [0.5, 0.6) is 0 Å². The monoisotopic (exact) mass is 122 g/mol. The summed E-state index contributed by atoms with van der Waals surface area (Å²) in [6, 6.07) is 0. The van der Waals surface area contributed by atoms with Crippen LogP contribution in [-0.4, -0.2) is 0 Å². The molecular formula is C9H14. The zero-order chi connectivity index (χ0) is 7.28. The van der Waals surface area contributed by atoms with Crippen LogP contribution in [0.2, 0.25) is 0 Å². The molecule has 0 aromatic heterocycles. The van der Waals surface area contributed by atoms with E-state index in [0.717, 1.165) is 5.57 Å². The molecule has 0 fully saturated rings. The second kappa shape index (κ2) is 4.13. The maximum absolute atomic E-state index is 3.86. The molecule has 0 amide bonds. The van der Waals surface area contributed by atoms with Gasteiger partial charge in [0.2, 0.25) is 0 Å². The molecule has 0 aromatic rings. The largest absolute Gasteiger partial charge is 0.0991 e. The fourth-order valence-corrected chi connectivity index (χ4v) is 0.384. The molecule has 0 nitrogen and oxygen atoms in total. The highest BCUT2D eigenvalue weighted by atomic mass is 14.0. The molecule has 0 radical (unpaired) electrons. The normalized spacial score (nSPS) is 10.6. The first-order valence-electron chi connectivity index (χ1n) is 3.16. The third-order valence-corrected chi connectivity index (χ3v) is 1.19. The standard InChI is InChI=1S/C9H14/c1-5-6-7-9(4)8(2)3/h5-8H,1,4H2,2-3H3/b7-6+.